The molecule has 166 valence electrons. The van der Waals surface area contributed by atoms with Crippen LogP contribution in [0.15, 0.2) is 52.3 Å². The Labute approximate surface area is 191 Å². The van der Waals surface area contributed by atoms with Gasteiger partial charge in [-0.05, 0) is 49.2 Å². The quantitative estimate of drug-likeness (QED) is 0.693. The maximum atomic E-state index is 12.8. The number of sulfonamides is 1. The van der Waals surface area contributed by atoms with Gasteiger partial charge in [-0.15, -0.1) is 11.8 Å². The van der Waals surface area contributed by atoms with E-state index in [1.807, 2.05) is 6.07 Å². The number of thioether (sulfide) groups is 1. The van der Waals surface area contributed by atoms with Crippen molar-refractivity contribution in [3.05, 3.63) is 48.0 Å². The standard InChI is InChI=1S/C22H22N4O4S2/c23-13-15-4-3-5-17(10-15)25-32(29,30)18-6-7-20-19(12-18)24-22(28)16(14-31-20)11-21(27)26-8-1-2-9-26/h3-7,10,12,16,25H,1-2,8-9,11,14H2,(H,24,28). The number of likely N-dealkylation sites (tertiary alicyclic amines) is 1. The first-order chi connectivity index (χ1) is 15.4. The minimum Gasteiger partial charge on any atom is -0.343 e. The van der Waals surface area contributed by atoms with Gasteiger partial charge in [-0.3, -0.25) is 14.3 Å². The Balaban J connectivity index is 1.50. The first kappa shape index (κ1) is 22.2. The van der Waals surface area contributed by atoms with Gasteiger partial charge in [-0.2, -0.15) is 5.26 Å². The molecule has 2 amide bonds. The first-order valence-electron chi connectivity index (χ1n) is 10.2. The summed E-state index contributed by atoms with van der Waals surface area (Å²) in [6.07, 6.45) is 2.14. The number of carbonyl (C=O) groups excluding carboxylic acids is 2. The Morgan fingerprint density at radius 2 is 2.00 bits per heavy atom. The van der Waals surface area contributed by atoms with E-state index in [9.17, 15) is 18.0 Å². The second-order valence-corrected chi connectivity index (χ2v) is 10.5. The third-order valence-corrected chi connectivity index (χ3v) is 8.07. The van der Waals surface area contributed by atoms with E-state index in [1.165, 1.54) is 30.0 Å². The normalized spacial score (nSPS) is 18.3. The number of hydrogen-bond donors (Lipinski definition) is 2. The van der Waals surface area contributed by atoms with E-state index in [0.717, 1.165) is 30.8 Å². The summed E-state index contributed by atoms with van der Waals surface area (Å²) in [5.41, 5.74) is 1.02. The second-order valence-electron chi connectivity index (χ2n) is 7.75. The fourth-order valence-corrected chi connectivity index (χ4v) is 5.88. The lowest BCUT2D eigenvalue weighted by molar-refractivity contribution is -0.133. The van der Waals surface area contributed by atoms with Crippen molar-refractivity contribution in [2.24, 2.45) is 5.92 Å². The SMILES string of the molecule is N#Cc1cccc(NS(=O)(=O)c2ccc3c(c2)NC(=O)C(CC(=O)N2CCCC2)CS3)c1. The van der Waals surface area contributed by atoms with Crippen LogP contribution in [0.1, 0.15) is 24.8 Å². The van der Waals surface area contributed by atoms with E-state index in [0.29, 0.717) is 17.0 Å². The fraction of sp³-hybridized carbons (Fsp3) is 0.318. The number of amides is 2. The van der Waals surface area contributed by atoms with Crippen LogP contribution in [-0.2, 0) is 19.6 Å². The lowest BCUT2D eigenvalue weighted by Gasteiger charge is -2.18. The van der Waals surface area contributed by atoms with Crippen LogP contribution in [-0.4, -0.2) is 44.0 Å². The number of benzene rings is 2. The Morgan fingerprint density at radius 1 is 1.22 bits per heavy atom. The first-order valence-corrected chi connectivity index (χ1v) is 12.7. The van der Waals surface area contributed by atoms with Gasteiger partial charge in [-0.25, -0.2) is 8.42 Å². The number of carbonyl (C=O) groups is 2. The number of nitriles is 1. The van der Waals surface area contributed by atoms with Crippen molar-refractivity contribution in [2.45, 2.75) is 29.1 Å². The van der Waals surface area contributed by atoms with Crippen molar-refractivity contribution < 1.29 is 18.0 Å². The molecule has 2 aromatic carbocycles. The summed E-state index contributed by atoms with van der Waals surface area (Å²) in [7, 11) is -3.93. The number of hydrogen-bond acceptors (Lipinski definition) is 6. The minimum absolute atomic E-state index is 0.00824. The molecule has 10 heteroatoms. The summed E-state index contributed by atoms with van der Waals surface area (Å²) in [6.45, 7) is 1.48. The molecule has 0 aromatic heterocycles. The molecule has 8 nitrogen and oxygen atoms in total. The highest BCUT2D eigenvalue weighted by atomic mass is 32.2. The average Bonchev–Trinajstić information content (AvgIpc) is 3.27. The summed E-state index contributed by atoms with van der Waals surface area (Å²) in [5, 5.41) is 11.8. The van der Waals surface area contributed by atoms with Crippen molar-refractivity contribution in [2.75, 3.05) is 28.9 Å². The van der Waals surface area contributed by atoms with Gasteiger partial charge >= 0.3 is 0 Å². The van der Waals surface area contributed by atoms with Gasteiger partial charge < -0.3 is 10.2 Å². The molecule has 0 radical (unpaired) electrons. The number of anilines is 2. The van der Waals surface area contributed by atoms with Gasteiger partial charge in [0.2, 0.25) is 11.8 Å². The van der Waals surface area contributed by atoms with Crippen molar-refractivity contribution in [1.82, 2.24) is 4.90 Å². The average molecular weight is 471 g/mol. The Bertz CT molecular complexity index is 1200. The zero-order valence-corrected chi connectivity index (χ0v) is 18.8. The molecule has 0 aliphatic carbocycles. The van der Waals surface area contributed by atoms with Crippen LogP contribution in [0.2, 0.25) is 0 Å². The molecule has 2 aliphatic rings. The maximum absolute atomic E-state index is 12.8. The molecule has 32 heavy (non-hydrogen) atoms. The molecule has 1 saturated heterocycles. The summed E-state index contributed by atoms with van der Waals surface area (Å²) >= 11 is 1.43. The number of fused-ring (bicyclic) bond motifs is 1. The molecule has 1 atom stereocenters. The molecule has 4 rings (SSSR count). The van der Waals surface area contributed by atoms with E-state index < -0.39 is 15.9 Å². The van der Waals surface area contributed by atoms with Gasteiger partial charge in [0.15, 0.2) is 0 Å². The van der Waals surface area contributed by atoms with Crippen molar-refractivity contribution in [3.63, 3.8) is 0 Å². The Morgan fingerprint density at radius 3 is 2.75 bits per heavy atom. The van der Waals surface area contributed by atoms with E-state index in [2.05, 4.69) is 10.0 Å². The van der Waals surface area contributed by atoms with Gasteiger partial charge in [0.1, 0.15) is 0 Å². The monoisotopic (exact) mass is 470 g/mol. The number of rotatable bonds is 5. The van der Waals surface area contributed by atoms with E-state index in [4.69, 9.17) is 5.26 Å². The molecule has 1 unspecified atom stereocenters. The Kier molecular flexibility index (Phi) is 6.39. The molecule has 0 saturated carbocycles. The molecule has 2 heterocycles. The van der Waals surface area contributed by atoms with Gasteiger partial charge in [-0.1, -0.05) is 6.07 Å². The zero-order valence-electron chi connectivity index (χ0n) is 17.2. The van der Waals surface area contributed by atoms with Crippen molar-refractivity contribution in [1.29, 1.82) is 5.26 Å². The highest BCUT2D eigenvalue weighted by molar-refractivity contribution is 7.99. The highest BCUT2D eigenvalue weighted by Gasteiger charge is 2.30. The molecule has 2 aliphatic heterocycles. The molecule has 1 fully saturated rings. The predicted octanol–water partition coefficient (Wildman–Crippen LogP) is 3.03. The predicted molar refractivity (Wildman–Crippen MR) is 122 cm³/mol. The molecular formula is C22H22N4O4S2. The van der Waals surface area contributed by atoms with Crippen LogP contribution in [0.5, 0.6) is 0 Å². The van der Waals surface area contributed by atoms with Crippen LogP contribution < -0.4 is 10.0 Å². The highest BCUT2D eigenvalue weighted by Crippen LogP contribution is 2.35. The van der Waals surface area contributed by atoms with Crippen LogP contribution >= 0.6 is 11.8 Å². The fourth-order valence-electron chi connectivity index (χ4n) is 3.72. The van der Waals surface area contributed by atoms with Crippen LogP contribution in [0.25, 0.3) is 0 Å². The van der Waals surface area contributed by atoms with Crippen molar-refractivity contribution in [3.8, 4) is 6.07 Å². The Hall–Kier alpha value is -3.03. The zero-order chi connectivity index (χ0) is 22.7. The molecule has 2 aromatic rings. The minimum atomic E-state index is -3.93. The molecule has 2 N–H and O–H groups in total. The van der Waals surface area contributed by atoms with E-state index in [1.54, 1.807) is 29.2 Å². The number of nitrogens with zero attached hydrogens (tertiary/aromatic N) is 2. The number of nitrogens with one attached hydrogen (secondary N) is 2. The van der Waals surface area contributed by atoms with Crippen molar-refractivity contribution >= 4 is 45.0 Å². The topological polar surface area (TPSA) is 119 Å². The lowest BCUT2D eigenvalue weighted by Crippen LogP contribution is -2.33. The molecular weight excluding hydrogens is 448 g/mol. The van der Waals surface area contributed by atoms with E-state index >= 15 is 0 Å². The lowest BCUT2D eigenvalue weighted by atomic mass is 10.1. The third-order valence-electron chi connectivity index (χ3n) is 5.45. The van der Waals surface area contributed by atoms with Crippen LogP contribution in [0.4, 0.5) is 11.4 Å². The largest absolute Gasteiger partial charge is 0.343 e. The van der Waals surface area contributed by atoms with Crippen LogP contribution in [0, 0.1) is 17.2 Å². The third kappa shape index (κ3) is 4.89. The summed E-state index contributed by atoms with van der Waals surface area (Å²) in [6, 6.07) is 12.7. The van der Waals surface area contributed by atoms with Gasteiger partial charge in [0.25, 0.3) is 10.0 Å². The summed E-state index contributed by atoms with van der Waals surface area (Å²) in [5.74, 6) is -0.328. The summed E-state index contributed by atoms with van der Waals surface area (Å²) < 4.78 is 28.2. The van der Waals surface area contributed by atoms with Gasteiger partial charge in [0.05, 0.1) is 33.8 Å². The maximum Gasteiger partial charge on any atom is 0.261 e. The molecule has 0 bridgehead atoms. The van der Waals surface area contributed by atoms with Crippen LogP contribution in [0.3, 0.4) is 0 Å². The molecule has 0 spiro atoms. The smallest absolute Gasteiger partial charge is 0.261 e. The summed E-state index contributed by atoms with van der Waals surface area (Å²) in [4.78, 5) is 27.8. The van der Waals surface area contributed by atoms with E-state index in [-0.39, 0.29) is 28.8 Å². The second kappa shape index (κ2) is 9.22. The van der Waals surface area contributed by atoms with Gasteiger partial charge in [0, 0.05) is 30.2 Å².